The summed E-state index contributed by atoms with van der Waals surface area (Å²) in [5, 5.41) is 0.360. The number of carbonyl (C=O) groups is 1. The second-order valence-electron chi connectivity index (χ2n) is 6.19. The van der Waals surface area contributed by atoms with Gasteiger partial charge in [0, 0.05) is 16.3 Å². The quantitative estimate of drug-likeness (QED) is 0.469. The summed E-state index contributed by atoms with van der Waals surface area (Å²) < 4.78 is 46.8. The first-order chi connectivity index (χ1) is 13.4. The van der Waals surface area contributed by atoms with Gasteiger partial charge in [-0.3, -0.25) is 0 Å². The van der Waals surface area contributed by atoms with E-state index in [4.69, 9.17) is 4.74 Å². The molecule has 0 saturated heterocycles. The van der Waals surface area contributed by atoms with Crippen LogP contribution in [0.4, 0.5) is 13.2 Å². The smallest absolute Gasteiger partial charge is 0.434 e. The average molecular weight is 384 g/mol. The number of fused-ring (bicyclic) bond motifs is 3. The summed E-state index contributed by atoms with van der Waals surface area (Å²) in [5.41, 5.74) is -0.0454. The van der Waals surface area contributed by atoms with E-state index in [1.807, 2.05) is 0 Å². The number of hydrogen-bond donors (Lipinski definition) is 1. The topological polar surface area (TPSA) is 55.0 Å². The summed E-state index contributed by atoms with van der Waals surface area (Å²) in [7, 11) is 0. The van der Waals surface area contributed by atoms with Gasteiger partial charge < -0.3 is 9.72 Å². The normalized spacial score (nSPS) is 11.9. The highest BCUT2D eigenvalue weighted by Crippen LogP contribution is 2.43. The highest BCUT2D eigenvalue weighted by molar-refractivity contribution is 6.16. The molecular formula is C21H15F3N2O2. The maximum Gasteiger partial charge on any atom is 0.434 e. The van der Waals surface area contributed by atoms with E-state index < -0.39 is 17.8 Å². The van der Waals surface area contributed by atoms with E-state index in [2.05, 4.69) is 9.97 Å². The number of H-pyrrole nitrogens is 1. The summed E-state index contributed by atoms with van der Waals surface area (Å²) >= 11 is 0. The summed E-state index contributed by atoms with van der Waals surface area (Å²) in [6, 6.07) is 15.0. The van der Waals surface area contributed by atoms with E-state index in [0.717, 1.165) is 0 Å². The number of nitrogens with one attached hydrogen (secondary N) is 1. The van der Waals surface area contributed by atoms with Crippen molar-refractivity contribution in [2.45, 2.75) is 13.1 Å². The molecule has 142 valence electrons. The fourth-order valence-corrected chi connectivity index (χ4v) is 3.35. The second kappa shape index (κ2) is 6.67. The summed E-state index contributed by atoms with van der Waals surface area (Å²) in [4.78, 5) is 19.3. The SMILES string of the molecule is CCOC(=O)c1[nH]c2c(c(C(F)(F)F)nc3ccccc32)c1-c1ccccc1. The number of benzene rings is 2. The average Bonchev–Trinajstić information content (AvgIpc) is 3.08. The molecule has 7 heteroatoms. The zero-order valence-electron chi connectivity index (χ0n) is 14.8. The third-order valence-electron chi connectivity index (χ3n) is 4.45. The van der Waals surface area contributed by atoms with Gasteiger partial charge in [-0.05, 0) is 18.6 Å². The number of hydrogen-bond acceptors (Lipinski definition) is 3. The third kappa shape index (κ3) is 2.89. The molecule has 28 heavy (non-hydrogen) atoms. The Morgan fingerprint density at radius 2 is 1.75 bits per heavy atom. The highest BCUT2D eigenvalue weighted by atomic mass is 19.4. The minimum absolute atomic E-state index is 0.0216. The molecule has 4 aromatic rings. The number of carbonyl (C=O) groups excluding carboxylic acids is 1. The van der Waals surface area contributed by atoms with E-state index in [1.54, 1.807) is 55.5 Å². The first-order valence-corrected chi connectivity index (χ1v) is 8.66. The second-order valence-corrected chi connectivity index (χ2v) is 6.19. The Hall–Kier alpha value is -3.35. The van der Waals surface area contributed by atoms with Gasteiger partial charge in [0.1, 0.15) is 5.69 Å². The Bertz CT molecular complexity index is 1180. The number of alkyl halides is 3. The zero-order valence-corrected chi connectivity index (χ0v) is 14.8. The monoisotopic (exact) mass is 384 g/mol. The van der Waals surface area contributed by atoms with Crippen LogP contribution in [0.3, 0.4) is 0 Å². The Morgan fingerprint density at radius 3 is 2.43 bits per heavy atom. The molecule has 0 spiro atoms. The van der Waals surface area contributed by atoms with Gasteiger partial charge in [0.05, 0.1) is 17.6 Å². The van der Waals surface area contributed by atoms with Crippen molar-refractivity contribution >= 4 is 27.8 Å². The molecule has 0 atom stereocenters. The molecule has 0 aliphatic heterocycles. The molecule has 0 aliphatic carbocycles. The van der Waals surface area contributed by atoms with E-state index in [1.165, 1.54) is 6.07 Å². The number of nitrogens with zero attached hydrogens (tertiary/aromatic N) is 1. The summed E-state index contributed by atoms with van der Waals surface area (Å²) in [5.74, 6) is -0.713. The molecule has 4 nitrogen and oxygen atoms in total. The lowest BCUT2D eigenvalue weighted by atomic mass is 9.99. The van der Waals surface area contributed by atoms with Crippen molar-refractivity contribution in [1.29, 1.82) is 0 Å². The lowest BCUT2D eigenvalue weighted by molar-refractivity contribution is -0.139. The van der Waals surface area contributed by atoms with Crippen LogP contribution in [0.25, 0.3) is 32.9 Å². The van der Waals surface area contributed by atoms with Crippen LogP contribution < -0.4 is 0 Å². The number of para-hydroxylation sites is 1. The van der Waals surface area contributed by atoms with Crippen LogP contribution in [0.15, 0.2) is 54.6 Å². The predicted octanol–water partition coefficient (Wildman–Crippen LogP) is 5.58. The van der Waals surface area contributed by atoms with E-state index in [-0.39, 0.29) is 34.3 Å². The maximum absolute atomic E-state index is 13.9. The molecule has 0 unspecified atom stereocenters. The Balaban J connectivity index is 2.21. The molecule has 2 aromatic heterocycles. The number of esters is 1. The molecule has 0 amide bonds. The van der Waals surface area contributed by atoms with E-state index in [0.29, 0.717) is 10.9 Å². The van der Waals surface area contributed by atoms with Crippen LogP contribution in [-0.2, 0) is 10.9 Å². The number of aromatic nitrogens is 2. The summed E-state index contributed by atoms with van der Waals surface area (Å²) in [6.07, 6.45) is -4.69. The third-order valence-corrected chi connectivity index (χ3v) is 4.45. The molecule has 0 aliphatic rings. The molecule has 0 radical (unpaired) electrons. The fraction of sp³-hybridized carbons (Fsp3) is 0.143. The van der Waals surface area contributed by atoms with E-state index >= 15 is 0 Å². The van der Waals surface area contributed by atoms with Gasteiger partial charge >= 0.3 is 12.1 Å². The molecule has 1 N–H and O–H groups in total. The van der Waals surface area contributed by atoms with Crippen LogP contribution in [0, 0.1) is 0 Å². The lowest BCUT2D eigenvalue weighted by Crippen LogP contribution is -2.09. The number of pyridine rings is 1. The van der Waals surface area contributed by atoms with Crippen molar-refractivity contribution in [2.75, 3.05) is 6.61 Å². The first-order valence-electron chi connectivity index (χ1n) is 8.66. The Morgan fingerprint density at radius 1 is 1.07 bits per heavy atom. The summed E-state index contributed by atoms with van der Waals surface area (Å²) in [6.45, 7) is 1.74. The van der Waals surface area contributed by atoms with Crippen molar-refractivity contribution in [3.05, 3.63) is 66.0 Å². The Labute approximate surface area is 158 Å². The molecule has 0 fully saturated rings. The van der Waals surface area contributed by atoms with Crippen molar-refractivity contribution in [2.24, 2.45) is 0 Å². The number of rotatable bonds is 3. The largest absolute Gasteiger partial charge is 0.461 e. The highest BCUT2D eigenvalue weighted by Gasteiger charge is 2.38. The predicted molar refractivity (Wildman–Crippen MR) is 100.0 cm³/mol. The molecule has 2 heterocycles. The van der Waals surface area contributed by atoms with Crippen LogP contribution in [-0.4, -0.2) is 22.5 Å². The zero-order chi connectivity index (χ0) is 19.9. The van der Waals surface area contributed by atoms with Gasteiger partial charge in [-0.1, -0.05) is 48.5 Å². The lowest BCUT2D eigenvalue weighted by Gasteiger charge is -2.11. The molecular weight excluding hydrogens is 369 g/mol. The first kappa shape index (κ1) is 18.0. The van der Waals surface area contributed by atoms with Gasteiger partial charge in [-0.2, -0.15) is 13.2 Å². The van der Waals surface area contributed by atoms with Gasteiger partial charge in [-0.25, -0.2) is 9.78 Å². The van der Waals surface area contributed by atoms with Crippen molar-refractivity contribution in [3.8, 4) is 11.1 Å². The van der Waals surface area contributed by atoms with Crippen LogP contribution in [0.2, 0.25) is 0 Å². The molecule has 0 saturated carbocycles. The van der Waals surface area contributed by atoms with Crippen molar-refractivity contribution in [3.63, 3.8) is 0 Å². The molecule has 2 aromatic carbocycles. The van der Waals surface area contributed by atoms with Gasteiger partial charge in [0.2, 0.25) is 0 Å². The van der Waals surface area contributed by atoms with Crippen LogP contribution >= 0.6 is 0 Å². The Kier molecular flexibility index (Phi) is 4.30. The minimum atomic E-state index is -4.69. The fourth-order valence-electron chi connectivity index (χ4n) is 3.35. The van der Waals surface area contributed by atoms with E-state index in [9.17, 15) is 18.0 Å². The minimum Gasteiger partial charge on any atom is -0.461 e. The standard InChI is InChI=1S/C21H15F3N2O2/c1-2-28-20(27)18-15(12-8-4-3-5-9-12)16-17(26-18)13-10-6-7-11-14(13)25-19(16)21(22,23)24/h3-11,26H,2H2,1H3. The number of halogens is 3. The van der Waals surface area contributed by atoms with Gasteiger partial charge in [0.25, 0.3) is 0 Å². The van der Waals surface area contributed by atoms with Crippen LogP contribution in [0.1, 0.15) is 23.1 Å². The van der Waals surface area contributed by atoms with Gasteiger partial charge in [-0.15, -0.1) is 0 Å². The maximum atomic E-state index is 13.9. The van der Waals surface area contributed by atoms with Crippen molar-refractivity contribution in [1.82, 2.24) is 9.97 Å². The van der Waals surface area contributed by atoms with Crippen molar-refractivity contribution < 1.29 is 22.7 Å². The number of ether oxygens (including phenoxy) is 1. The molecule has 0 bridgehead atoms. The van der Waals surface area contributed by atoms with Crippen LogP contribution in [0.5, 0.6) is 0 Å². The number of aromatic amines is 1. The van der Waals surface area contributed by atoms with Gasteiger partial charge in [0.15, 0.2) is 5.69 Å². The molecule has 4 rings (SSSR count).